The first kappa shape index (κ1) is 13.2. The molecule has 0 fully saturated rings. The summed E-state index contributed by atoms with van der Waals surface area (Å²) in [6, 6.07) is 14.8. The molecule has 0 saturated carbocycles. The second-order valence-corrected chi connectivity index (χ2v) is 5.47. The summed E-state index contributed by atoms with van der Waals surface area (Å²) in [5.74, 6) is 0.888. The fourth-order valence-electron chi connectivity index (χ4n) is 2.12. The fraction of sp³-hybridized carbons (Fsp3) is 0.250. The third kappa shape index (κ3) is 2.94. The molecule has 0 amide bonds. The first-order valence-electron chi connectivity index (χ1n) is 5.96. The van der Waals surface area contributed by atoms with E-state index >= 15 is 0 Å². The van der Waals surface area contributed by atoms with Crippen LogP contribution in [0.1, 0.15) is 27.1 Å². The van der Waals surface area contributed by atoms with E-state index in [1.807, 2.05) is 12.1 Å². The van der Waals surface area contributed by atoms with Crippen LogP contribution in [-0.2, 0) is 0 Å². The van der Waals surface area contributed by atoms with E-state index in [9.17, 15) is 0 Å². The smallest absolute Gasteiger partial charge is 0.118 e. The van der Waals surface area contributed by atoms with Crippen molar-refractivity contribution in [1.29, 1.82) is 0 Å². The van der Waals surface area contributed by atoms with Gasteiger partial charge in [0.2, 0.25) is 0 Å². The Balaban J connectivity index is 2.31. The molecular formula is C16H17BrO. The minimum Gasteiger partial charge on any atom is -0.497 e. The van der Waals surface area contributed by atoms with Crippen LogP contribution < -0.4 is 4.74 Å². The zero-order valence-electron chi connectivity index (χ0n) is 10.9. The van der Waals surface area contributed by atoms with Gasteiger partial charge in [0.1, 0.15) is 5.75 Å². The van der Waals surface area contributed by atoms with E-state index in [-0.39, 0.29) is 4.83 Å². The topological polar surface area (TPSA) is 9.23 Å². The van der Waals surface area contributed by atoms with Crippen molar-refractivity contribution in [3.63, 3.8) is 0 Å². The third-order valence-electron chi connectivity index (χ3n) is 2.95. The maximum absolute atomic E-state index is 5.18. The fourth-order valence-corrected chi connectivity index (χ4v) is 2.69. The van der Waals surface area contributed by atoms with Gasteiger partial charge in [0.15, 0.2) is 0 Å². The van der Waals surface area contributed by atoms with Crippen molar-refractivity contribution in [3.8, 4) is 5.75 Å². The van der Waals surface area contributed by atoms with Crippen molar-refractivity contribution in [2.75, 3.05) is 7.11 Å². The molecule has 0 aliphatic carbocycles. The van der Waals surface area contributed by atoms with E-state index in [1.54, 1.807) is 7.11 Å². The summed E-state index contributed by atoms with van der Waals surface area (Å²) < 4.78 is 5.18. The Kier molecular flexibility index (Phi) is 4.07. The number of benzene rings is 2. The minimum absolute atomic E-state index is 0.224. The zero-order valence-corrected chi connectivity index (χ0v) is 12.5. The normalized spacial score (nSPS) is 12.2. The van der Waals surface area contributed by atoms with Gasteiger partial charge >= 0.3 is 0 Å². The Morgan fingerprint density at radius 2 is 1.44 bits per heavy atom. The molecule has 94 valence electrons. The van der Waals surface area contributed by atoms with Crippen molar-refractivity contribution >= 4 is 15.9 Å². The van der Waals surface area contributed by atoms with Crippen LogP contribution in [0.2, 0.25) is 0 Å². The number of alkyl halides is 1. The monoisotopic (exact) mass is 304 g/mol. The van der Waals surface area contributed by atoms with Gasteiger partial charge in [-0.1, -0.05) is 57.4 Å². The van der Waals surface area contributed by atoms with E-state index < -0.39 is 0 Å². The van der Waals surface area contributed by atoms with Gasteiger partial charge in [0.05, 0.1) is 11.9 Å². The van der Waals surface area contributed by atoms with E-state index in [1.165, 1.54) is 22.3 Å². The lowest BCUT2D eigenvalue weighted by atomic mass is 10.0. The number of hydrogen-bond acceptors (Lipinski definition) is 1. The molecule has 0 aliphatic rings. The highest BCUT2D eigenvalue weighted by atomic mass is 79.9. The first-order valence-corrected chi connectivity index (χ1v) is 6.88. The largest absolute Gasteiger partial charge is 0.497 e. The summed E-state index contributed by atoms with van der Waals surface area (Å²) in [6.45, 7) is 4.26. The molecule has 0 heterocycles. The lowest BCUT2D eigenvalue weighted by Crippen LogP contribution is -1.94. The highest BCUT2D eigenvalue weighted by Gasteiger charge is 2.11. The average Bonchev–Trinajstić information content (AvgIpc) is 2.37. The van der Waals surface area contributed by atoms with Gasteiger partial charge in [-0.25, -0.2) is 0 Å². The molecule has 0 radical (unpaired) electrons. The number of hydrogen-bond donors (Lipinski definition) is 0. The van der Waals surface area contributed by atoms with Crippen LogP contribution in [0.15, 0.2) is 42.5 Å². The Morgan fingerprint density at radius 1 is 0.889 bits per heavy atom. The van der Waals surface area contributed by atoms with Crippen molar-refractivity contribution in [1.82, 2.24) is 0 Å². The Bertz CT molecular complexity index is 511. The molecule has 2 rings (SSSR count). The van der Waals surface area contributed by atoms with Crippen LogP contribution in [0.4, 0.5) is 0 Å². The SMILES string of the molecule is COc1ccc(C(Br)c2cc(C)cc(C)c2)cc1. The second kappa shape index (κ2) is 5.57. The van der Waals surface area contributed by atoms with E-state index in [4.69, 9.17) is 4.74 Å². The van der Waals surface area contributed by atoms with Crippen molar-refractivity contribution in [2.45, 2.75) is 18.7 Å². The van der Waals surface area contributed by atoms with Crippen LogP contribution >= 0.6 is 15.9 Å². The predicted molar refractivity (Wildman–Crippen MR) is 79.7 cm³/mol. The number of halogens is 1. The summed E-state index contributed by atoms with van der Waals surface area (Å²) in [5, 5.41) is 0. The minimum atomic E-state index is 0.224. The van der Waals surface area contributed by atoms with Crippen molar-refractivity contribution in [2.24, 2.45) is 0 Å². The average molecular weight is 305 g/mol. The quantitative estimate of drug-likeness (QED) is 0.740. The summed E-state index contributed by atoms with van der Waals surface area (Å²) in [7, 11) is 1.69. The number of ether oxygens (including phenoxy) is 1. The Labute approximate surface area is 117 Å². The summed E-state index contributed by atoms with van der Waals surface area (Å²) in [5.41, 5.74) is 5.12. The molecule has 0 aromatic heterocycles. The molecule has 18 heavy (non-hydrogen) atoms. The van der Waals surface area contributed by atoms with E-state index in [0.29, 0.717) is 0 Å². The number of aryl methyl sites for hydroxylation is 2. The molecule has 0 N–H and O–H groups in total. The lowest BCUT2D eigenvalue weighted by Gasteiger charge is -2.13. The maximum atomic E-state index is 5.18. The standard InChI is InChI=1S/C16H17BrO/c1-11-8-12(2)10-14(9-11)16(17)13-4-6-15(18-3)7-5-13/h4-10,16H,1-3H3. The molecule has 0 bridgehead atoms. The van der Waals surface area contributed by atoms with Gasteiger partial charge < -0.3 is 4.74 Å². The van der Waals surface area contributed by atoms with E-state index in [0.717, 1.165) is 5.75 Å². The first-order chi connectivity index (χ1) is 8.60. The van der Waals surface area contributed by atoms with Crippen molar-refractivity contribution in [3.05, 3.63) is 64.7 Å². The van der Waals surface area contributed by atoms with Gasteiger partial charge in [-0.15, -0.1) is 0 Å². The molecule has 0 saturated heterocycles. The Hall–Kier alpha value is -1.28. The second-order valence-electron chi connectivity index (χ2n) is 4.56. The molecular weight excluding hydrogens is 288 g/mol. The molecule has 1 unspecified atom stereocenters. The predicted octanol–water partition coefficient (Wildman–Crippen LogP) is 4.80. The van der Waals surface area contributed by atoms with Gasteiger partial charge in [-0.2, -0.15) is 0 Å². The summed E-state index contributed by atoms with van der Waals surface area (Å²) in [4.78, 5) is 0.224. The van der Waals surface area contributed by atoms with Crippen molar-refractivity contribution < 1.29 is 4.74 Å². The molecule has 1 nitrogen and oxygen atoms in total. The Morgan fingerprint density at radius 3 is 1.94 bits per heavy atom. The van der Waals surface area contributed by atoms with Crippen LogP contribution in [0.25, 0.3) is 0 Å². The van der Waals surface area contributed by atoms with E-state index in [2.05, 4.69) is 60.1 Å². The number of rotatable bonds is 3. The van der Waals surface area contributed by atoms with Crippen LogP contribution in [0, 0.1) is 13.8 Å². The van der Waals surface area contributed by atoms with Crippen LogP contribution in [0.3, 0.4) is 0 Å². The van der Waals surface area contributed by atoms with Crippen LogP contribution in [0.5, 0.6) is 5.75 Å². The van der Waals surface area contributed by atoms with Gasteiger partial charge in [0.25, 0.3) is 0 Å². The molecule has 2 heteroatoms. The van der Waals surface area contributed by atoms with Gasteiger partial charge in [-0.05, 0) is 37.1 Å². The molecule has 2 aromatic rings. The van der Waals surface area contributed by atoms with Crippen LogP contribution in [-0.4, -0.2) is 7.11 Å². The molecule has 0 aliphatic heterocycles. The lowest BCUT2D eigenvalue weighted by molar-refractivity contribution is 0.414. The summed E-state index contributed by atoms with van der Waals surface area (Å²) in [6.07, 6.45) is 0. The molecule has 1 atom stereocenters. The van der Waals surface area contributed by atoms with Gasteiger partial charge in [0, 0.05) is 0 Å². The molecule has 2 aromatic carbocycles. The third-order valence-corrected chi connectivity index (χ3v) is 4.00. The summed E-state index contributed by atoms with van der Waals surface area (Å²) >= 11 is 3.77. The highest BCUT2D eigenvalue weighted by Crippen LogP contribution is 2.32. The van der Waals surface area contributed by atoms with Gasteiger partial charge in [-0.3, -0.25) is 0 Å². The molecule has 0 spiro atoms. The zero-order chi connectivity index (χ0) is 13.1. The highest BCUT2D eigenvalue weighted by molar-refractivity contribution is 9.09. The number of methoxy groups -OCH3 is 1. The maximum Gasteiger partial charge on any atom is 0.118 e.